The van der Waals surface area contributed by atoms with Gasteiger partial charge in [-0.05, 0) is 6.42 Å². The molecule has 0 radical (unpaired) electrons. The van der Waals surface area contributed by atoms with Crippen LogP contribution >= 0.6 is 0 Å². The molecule has 0 amide bonds. The summed E-state index contributed by atoms with van der Waals surface area (Å²) >= 11 is 0. The van der Waals surface area contributed by atoms with Gasteiger partial charge in [0.1, 0.15) is 0 Å². The molecular formula is C13H15NO4. The van der Waals surface area contributed by atoms with Crippen molar-refractivity contribution in [2.75, 3.05) is 13.1 Å². The number of benzene rings is 1. The third-order valence-electron chi connectivity index (χ3n) is 3.25. The predicted molar refractivity (Wildman–Crippen MR) is 64.2 cm³/mol. The van der Waals surface area contributed by atoms with E-state index in [1.165, 1.54) is 4.90 Å². The lowest BCUT2D eigenvalue weighted by Crippen LogP contribution is -2.52. The number of hydrogen-bond acceptors (Lipinski definition) is 4. The average molecular weight is 249 g/mol. The van der Waals surface area contributed by atoms with Gasteiger partial charge < -0.3 is 10.2 Å². The highest BCUT2D eigenvalue weighted by molar-refractivity contribution is 5.98. The summed E-state index contributed by atoms with van der Waals surface area (Å²) in [6, 6.07) is 8.66. The third-order valence-corrected chi connectivity index (χ3v) is 3.25. The molecule has 0 aromatic heterocycles. The van der Waals surface area contributed by atoms with E-state index in [2.05, 4.69) is 0 Å². The number of likely N-dealkylation sites (tertiary alicyclic amines) is 1. The molecule has 5 heteroatoms. The minimum Gasteiger partial charge on any atom is -0.478 e. The minimum atomic E-state index is -1.90. The van der Waals surface area contributed by atoms with Gasteiger partial charge in [-0.1, -0.05) is 30.3 Å². The summed E-state index contributed by atoms with van der Waals surface area (Å²) in [6.45, 7) is 0.341. The van der Waals surface area contributed by atoms with E-state index in [4.69, 9.17) is 5.11 Å². The maximum Gasteiger partial charge on any atom is 0.351 e. The first-order valence-corrected chi connectivity index (χ1v) is 5.83. The zero-order chi connectivity index (χ0) is 13.2. The molecule has 1 aromatic rings. The highest BCUT2D eigenvalue weighted by atomic mass is 16.4. The maximum absolute atomic E-state index is 12.0. The Labute approximate surface area is 105 Å². The smallest absolute Gasteiger partial charge is 0.351 e. The molecule has 0 saturated carbocycles. The van der Waals surface area contributed by atoms with Gasteiger partial charge in [0, 0.05) is 18.5 Å². The van der Waals surface area contributed by atoms with E-state index in [-0.39, 0.29) is 18.7 Å². The monoisotopic (exact) mass is 249 g/mol. The number of carboxylic acids is 1. The van der Waals surface area contributed by atoms with Gasteiger partial charge in [0.2, 0.25) is 5.72 Å². The van der Waals surface area contributed by atoms with Crippen molar-refractivity contribution in [1.29, 1.82) is 0 Å². The van der Waals surface area contributed by atoms with E-state index in [1.54, 1.807) is 30.3 Å². The van der Waals surface area contributed by atoms with Crippen molar-refractivity contribution < 1.29 is 19.8 Å². The molecule has 0 spiro atoms. The molecule has 1 aliphatic heterocycles. The van der Waals surface area contributed by atoms with Crippen LogP contribution in [0.25, 0.3) is 0 Å². The fourth-order valence-electron chi connectivity index (χ4n) is 2.20. The van der Waals surface area contributed by atoms with Gasteiger partial charge in [-0.25, -0.2) is 4.79 Å². The molecule has 18 heavy (non-hydrogen) atoms. The normalized spacial score (nSPS) is 24.1. The lowest BCUT2D eigenvalue weighted by atomic mass is 10.1. The third kappa shape index (κ3) is 2.27. The Morgan fingerprint density at radius 2 is 1.94 bits per heavy atom. The van der Waals surface area contributed by atoms with Crippen LogP contribution in [-0.4, -0.2) is 45.7 Å². The van der Waals surface area contributed by atoms with Gasteiger partial charge in [0.05, 0.1) is 6.54 Å². The predicted octanol–water partition coefficient (Wildman–Crippen LogP) is 0.738. The Morgan fingerprint density at radius 1 is 1.28 bits per heavy atom. The SMILES string of the molecule is O=C(CN1CCCC1(O)C(=O)O)c1ccccc1. The van der Waals surface area contributed by atoms with E-state index < -0.39 is 11.7 Å². The van der Waals surface area contributed by atoms with Crippen LogP contribution in [0.5, 0.6) is 0 Å². The fraction of sp³-hybridized carbons (Fsp3) is 0.385. The van der Waals surface area contributed by atoms with E-state index in [0.29, 0.717) is 18.5 Å². The maximum atomic E-state index is 12.0. The number of carboxylic acid groups (broad SMARTS) is 1. The number of nitrogens with zero attached hydrogens (tertiary/aromatic N) is 1. The Balaban J connectivity index is 2.10. The van der Waals surface area contributed by atoms with Crippen LogP contribution in [-0.2, 0) is 4.79 Å². The van der Waals surface area contributed by atoms with Crippen molar-refractivity contribution in [3.63, 3.8) is 0 Å². The molecule has 1 fully saturated rings. The number of Topliss-reactive ketones (excluding diaryl/α,β-unsaturated/α-hetero) is 1. The summed E-state index contributed by atoms with van der Waals surface area (Å²) in [5.41, 5.74) is -1.37. The fourth-order valence-corrected chi connectivity index (χ4v) is 2.20. The number of carbonyl (C=O) groups is 2. The Hall–Kier alpha value is -1.72. The second kappa shape index (κ2) is 4.88. The van der Waals surface area contributed by atoms with Crippen molar-refractivity contribution in [3.05, 3.63) is 35.9 Å². The zero-order valence-electron chi connectivity index (χ0n) is 9.87. The summed E-state index contributed by atoms with van der Waals surface area (Å²) in [5, 5.41) is 19.0. The highest BCUT2D eigenvalue weighted by Crippen LogP contribution is 2.27. The first-order chi connectivity index (χ1) is 8.54. The van der Waals surface area contributed by atoms with E-state index in [0.717, 1.165) is 0 Å². The van der Waals surface area contributed by atoms with Gasteiger partial charge in [-0.15, -0.1) is 0 Å². The molecule has 5 nitrogen and oxygen atoms in total. The van der Waals surface area contributed by atoms with Crippen molar-refractivity contribution in [2.45, 2.75) is 18.6 Å². The molecular weight excluding hydrogens is 234 g/mol. The zero-order valence-corrected chi connectivity index (χ0v) is 9.87. The molecule has 1 unspecified atom stereocenters. The number of rotatable bonds is 4. The minimum absolute atomic E-state index is 0.0766. The summed E-state index contributed by atoms with van der Waals surface area (Å²) in [6.07, 6.45) is 0.731. The van der Waals surface area contributed by atoms with Crippen LogP contribution in [0.3, 0.4) is 0 Å². The quantitative estimate of drug-likeness (QED) is 0.769. The van der Waals surface area contributed by atoms with Crippen LogP contribution in [0.4, 0.5) is 0 Å². The molecule has 1 heterocycles. The number of ketones is 1. The summed E-state index contributed by atoms with van der Waals surface area (Å²) < 4.78 is 0. The van der Waals surface area contributed by atoms with Crippen molar-refractivity contribution >= 4 is 11.8 Å². The lowest BCUT2D eigenvalue weighted by Gasteiger charge is -2.28. The van der Waals surface area contributed by atoms with Gasteiger partial charge in [0.25, 0.3) is 0 Å². The second-order valence-corrected chi connectivity index (χ2v) is 4.44. The van der Waals surface area contributed by atoms with Crippen molar-refractivity contribution in [1.82, 2.24) is 4.90 Å². The molecule has 2 rings (SSSR count). The van der Waals surface area contributed by atoms with Gasteiger partial charge >= 0.3 is 5.97 Å². The van der Waals surface area contributed by atoms with Gasteiger partial charge in [0.15, 0.2) is 5.78 Å². The first-order valence-electron chi connectivity index (χ1n) is 5.83. The summed E-state index contributed by atoms with van der Waals surface area (Å²) in [7, 11) is 0. The lowest BCUT2D eigenvalue weighted by molar-refractivity contribution is -0.175. The van der Waals surface area contributed by atoms with Gasteiger partial charge in [-0.2, -0.15) is 0 Å². The molecule has 0 bridgehead atoms. The molecule has 1 saturated heterocycles. The summed E-state index contributed by atoms with van der Waals surface area (Å²) in [5.74, 6) is -1.47. The summed E-state index contributed by atoms with van der Waals surface area (Å²) in [4.78, 5) is 24.3. The molecule has 96 valence electrons. The molecule has 2 N–H and O–H groups in total. The van der Waals surface area contributed by atoms with E-state index in [1.807, 2.05) is 0 Å². The molecule has 0 aliphatic carbocycles. The second-order valence-electron chi connectivity index (χ2n) is 4.44. The number of hydrogen-bond donors (Lipinski definition) is 2. The van der Waals surface area contributed by atoms with Gasteiger partial charge in [-0.3, -0.25) is 9.69 Å². The number of aliphatic hydroxyl groups is 1. The van der Waals surface area contributed by atoms with Crippen LogP contribution in [0.15, 0.2) is 30.3 Å². The average Bonchev–Trinajstić information content (AvgIpc) is 2.73. The molecule has 1 atom stereocenters. The first kappa shape index (κ1) is 12.7. The largest absolute Gasteiger partial charge is 0.478 e. The van der Waals surface area contributed by atoms with Crippen molar-refractivity contribution in [2.24, 2.45) is 0 Å². The number of carbonyl (C=O) groups excluding carboxylic acids is 1. The highest BCUT2D eigenvalue weighted by Gasteiger charge is 2.46. The van der Waals surface area contributed by atoms with E-state index >= 15 is 0 Å². The van der Waals surface area contributed by atoms with Crippen LogP contribution < -0.4 is 0 Å². The standard InChI is InChI=1S/C13H15NO4/c15-11(10-5-2-1-3-6-10)9-14-8-4-7-13(14,18)12(16)17/h1-3,5-6,18H,4,7-9H2,(H,16,17). The van der Waals surface area contributed by atoms with Crippen molar-refractivity contribution in [3.8, 4) is 0 Å². The van der Waals surface area contributed by atoms with Crippen LogP contribution in [0, 0.1) is 0 Å². The Morgan fingerprint density at radius 3 is 2.56 bits per heavy atom. The Bertz CT molecular complexity index is 459. The van der Waals surface area contributed by atoms with Crippen LogP contribution in [0.2, 0.25) is 0 Å². The number of aliphatic carboxylic acids is 1. The molecule has 1 aliphatic rings. The topological polar surface area (TPSA) is 77.8 Å². The Kier molecular flexibility index (Phi) is 3.45. The van der Waals surface area contributed by atoms with Crippen LogP contribution in [0.1, 0.15) is 23.2 Å². The van der Waals surface area contributed by atoms with E-state index in [9.17, 15) is 14.7 Å². The molecule has 1 aromatic carbocycles.